The molecule has 0 saturated carbocycles. The second-order valence-corrected chi connectivity index (χ2v) is 6.08. The predicted octanol–water partition coefficient (Wildman–Crippen LogP) is 3.60. The van der Waals surface area contributed by atoms with Crippen molar-refractivity contribution >= 4 is 33.4 Å². The van der Waals surface area contributed by atoms with Gasteiger partial charge in [0.1, 0.15) is 5.65 Å². The predicted molar refractivity (Wildman–Crippen MR) is 99.5 cm³/mol. The van der Waals surface area contributed by atoms with Crippen molar-refractivity contribution in [1.82, 2.24) is 19.4 Å². The summed E-state index contributed by atoms with van der Waals surface area (Å²) in [5.41, 5.74) is 10.9. The largest absolute Gasteiger partial charge is 0.369 e. The molecule has 2 N–H and O–H groups in total. The topological polar surface area (TPSA) is 69.1 Å². The maximum atomic E-state index is 6.12. The van der Waals surface area contributed by atoms with Gasteiger partial charge in [-0.25, -0.2) is 9.97 Å². The van der Waals surface area contributed by atoms with Crippen molar-refractivity contribution in [3.8, 4) is 0 Å². The van der Waals surface area contributed by atoms with Gasteiger partial charge in [-0.3, -0.25) is 9.38 Å². The van der Waals surface area contributed by atoms with Crippen LogP contribution in [0.5, 0.6) is 0 Å². The Morgan fingerprint density at radius 1 is 0.920 bits per heavy atom. The second-order valence-electron chi connectivity index (χ2n) is 6.08. The van der Waals surface area contributed by atoms with E-state index >= 15 is 0 Å². The van der Waals surface area contributed by atoms with Crippen LogP contribution in [0.3, 0.4) is 0 Å². The van der Waals surface area contributed by atoms with E-state index < -0.39 is 0 Å². The van der Waals surface area contributed by atoms with Crippen molar-refractivity contribution in [3.05, 3.63) is 78.2 Å². The molecule has 3 aromatic heterocycles. The Balaban J connectivity index is 1.68. The van der Waals surface area contributed by atoms with Crippen LogP contribution in [0, 0.1) is 0 Å². The van der Waals surface area contributed by atoms with Gasteiger partial charge in [0, 0.05) is 29.6 Å². The average molecular weight is 325 g/mol. The molecule has 5 rings (SSSR count). The van der Waals surface area contributed by atoms with Gasteiger partial charge in [0.15, 0.2) is 0 Å². The highest BCUT2D eigenvalue weighted by Gasteiger charge is 2.11. The summed E-state index contributed by atoms with van der Waals surface area (Å²) in [5, 5.41) is 2.13. The average Bonchev–Trinajstić information content (AvgIpc) is 3.07. The normalized spacial score (nSPS) is 11.5. The van der Waals surface area contributed by atoms with Gasteiger partial charge in [-0.05, 0) is 23.8 Å². The fourth-order valence-electron chi connectivity index (χ4n) is 3.32. The van der Waals surface area contributed by atoms with E-state index in [1.165, 1.54) is 0 Å². The van der Waals surface area contributed by atoms with Gasteiger partial charge in [-0.2, -0.15) is 0 Å². The molecule has 0 unspecified atom stereocenters. The third-order valence-electron chi connectivity index (χ3n) is 4.47. The van der Waals surface area contributed by atoms with E-state index in [1.54, 1.807) is 0 Å². The van der Waals surface area contributed by atoms with E-state index in [1.807, 2.05) is 47.1 Å². The van der Waals surface area contributed by atoms with Gasteiger partial charge >= 0.3 is 0 Å². The van der Waals surface area contributed by atoms with Crippen LogP contribution in [-0.4, -0.2) is 19.4 Å². The summed E-state index contributed by atoms with van der Waals surface area (Å²) in [7, 11) is 0. The number of nitrogen functional groups attached to an aromatic ring is 1. The number of pyridine rings is 1. The van der Waals surface area contributed by atoms with Crippen molar-refractivity contribution < 1.29 is 0 Å². The summed E-state index contributed by atoms with van der Waals surface area (Å²) in [5.74, 6) is 0.448. The molecule has 0 aliphatic rings. The van der Waals surface area contributed by atoms with E-state index in [0.29, 0.717) is 12.4 Å². The molecule has 0 bridgehead atoms. The summed E-state index contributed by atoms with van der Waals surface area (Å²) in [6.07, 6.45) is 4.49. The second kappa shape index (κ2) is 5.27. The van der Waals surface area contributed by atoms with Gasteiger partial charge in [0.2, 0.25) is 5.95 Å². The van der Waals surface area contributed by atoms with Gasteiger partial charge in [-0.1, -0.05) is 36.4 Å². The van der Waals surface area contributed by atoms with Crippen molar-refractivity contribution in [2.75, 3.05) is 5.73 Å². The Bertz CT molecular complexity index is 1230. The number of nitrogens with two attached hydrogens (primary N) is 1. The van der Waals surface area contributed by atoms with Crippen molar-refractivity contribution in [1.29, 1.82) is 0 Å². The van der Waals surface area contributed by atoms with Crippen LogP contribution in [0.15, 0.2) is 67.0 Å². The minimum atomic E-state index is 0.448. The summed E-state index contributed by atoms with van der Waals surface area (Å²) in [6.45, 7) is 0. The number of nitrogens with zero attached hydrogens (tertiary/aromatic N) is 4. The third-order valence-corrected chi connectivity index (χ3v) is 4.47. The van der Waals surface area contributed by atoms with Crippen molar-refractivity contribution in [2.45, 2.75) is 6.42 Å². The van der Waals surface area contributed by atoms with E-state index in [9.17, 15) is 0 Å². The standard InChI is InChI=1S/C20H15N5/c21-20-24-17-9-2-1-8-16(17)19-23-15(12-25(19)20)11-14-6-3-5-13-7-4-10-22-18(13)14/h1-10,12H,11H2,(H2,21,24). The molecule has 5 nitrogen and oxygen atoms in total. The molecule has 0 fully saturated rings. The zero-order valence-electron chi connectivity index (χ0n) is 13.4. The number of rotatable bonds is 2. The van der Waals surface area contributed by atoms with Crippen LogP contribution in [0.4, 0.5) is 5.95 Å². The highest BCUT2D eigenvalue weighted by atomic mass is 15.1. The number of hydrogen-bond donors (Lipinski definition) is 1. The molecule has 3 heterocycles. The molecule has 0 atom stereocenters. The van der Waals surface area contributed by atoms with Crippen molar-refractivity contribution in [2.24, 2.45) is 0 Å². The summed E-state index contributed by atoms with van der Waals surface area (Å²) >= 11 is 0. The number of hydrogen-bond acceptors (Lipinski definition) is 4. The molecular weight excluding hydrogens is 310 g/mol. The molecule has 5 heteroatoms. The number of para-hydroxylation sites is 2. The van der Waals surface area contributed by atoms with Gasteiger partial charge < -0.3 is 5.73 Å². The van der Waals surface area contributed by atoms with Crippen LogP contribution in [-0.2, 0) is 6.42 Å². The van der Waals surface area contributed by atoms with E-state index in [0.717, 1.165) is 38.7 Å². The fourth-order valence-corrected chi connectivity index (χ4v) is 3.32. The number of benzene rings is 2. The molecular formula is C20H15N5. The Hall–Kier alpha value is -3.47. The summed E-state index contributed by atoms with van der Waals surface area (Å²) in [6, 6.07) is 18.2. The number of fused-ring (bicyclic) bond motifs is 4. The van der Waals surface area contributed by atoms with Gasteiger partial charge in [-0.15, -0.1) is 0 Å². The van der Waals surface area contributed by atoms with Crippen LogP contribution in [0.1, 0.15) is 11.3 Å². The minimum Gasteiger partial charge on any atom is -0.369 e. The molecule has 0 radical (unpaired) electrons. The smallest absolute Gasteiger partial charge is 0.206 e. The highest BCUT2D eigenvalue weighted by Crippen LogP contribution is 2.23. The molecule has 25 heavy (non-hydrogen) atoms. The molecule has 5 aromatic rings. The van der Waals surface area contributed by atoms with Gasteiger partial charge in [0.05, 0.1) is 16.7 Å². The first-order valence-electron chi connectivity index (χ1n) is 8.14. The summed E-state index contributed by atoms with van der Waals surface area (Å²) < 4.78 is 1.86. The van der Waals surface area contributed by atoms with Crippen molar-refractivity contribution in [3.63, 3.8) is 0 Å². The van der Waals surface area contributed by atoms with E-state index in [2.05, 4.69) is 34.2 Å². The molecule has 0 spiro atoms. The van der Waals surface area contributed by atoms with Crippen LogP contribution >= 0.6 is 0 Å². The minimum absolute atomic E-state index is 0.448. The molecule has 0 aliphatic heterocycles. The molecule has 0 aliphatic carbocycles. The maximum Gasteiger partial charge on any atom is 0.206 e. The first kappa shape index (κ1) is 13.9. The Morgan fingerprint density at radius 2 is 1.80 bits per heavy atom. The van der Waals surface area contributed by atoms with Crippen LogP contribution in [0.25, 0.3) is 27.5 Å². The molecule has 120 valence electrons. The Morgan fingerprint density at radius 3 is 2.76 bits per heavy atom. The zero-order chi connectivity index (χ0) is 16.8. The fraction of sp³-hybridized carbons (Fsp3) is 0.0500. The Labute approximate surface area is 143 Å². The number of aromatic nitrogens is 4. The summed E-state index contributed by atoms with van der Waals surface area (Å²) in [4.78, 5) is 13.8. The lowest BCUT2D eigenvalue weighted by atomic mass is 10.1. The first-order valence-corrected chi connectivity index (χ1v) is 8.14. The first-order chi connectivity index (χ1) is 12.3. The lowest BCUT2D eigenvalue weighted by Gasteiger charge is -2.03. The maximum absolute atomic E-state index is 6.12. The molecule has 2 aromatic carbocycles. The lowest BCUT2D eigenvalue weighted by molar-refractivity contribution is 1.11. The molecule has 0 amide bonds. The van der Waals surface area contributed by atoms with Gasteiger partial charge in [0.25, 0.3) is 0 Å². The van der Waals surface area contributed by atoms with E-state index in [-0.39, 0.29) is 0 Å². The number of anilines is 1. The number of imidazole rings is 1. The monoisotopic (exact) mass is 325 g/mol. The zero-order valence-corrected chi connectivity index (χ0v) is 13.4. The lowest BCUT2D eigenvalue weighted by Crippen LogP contribution is -2.00. The molecule has 0 saturated heterocycles. The van der Waals surface area contributed by atoms with Crippen LogP contribution < -0.4 is 5.73 Å². The third kappa shape index (κ3) is 2.21. The van der Waals surface area contributed by atoms with E-state index in [4.69, 9.17) is 10.7 Å². The SMILES string of the molecule is Nc1nc2ccccc2c2nc(Cc3cccc4cccnc34)cn12. The quantitative estimate of drug-likeness (QED) is 0.538. The highest BCUT2D eigenvalue weighted by molar-refractivity contribution is 5.92. The Kier molecular flexibility index (Phi) is 2.94. The van der Waals surface area contributed by atoms with Crippen LogP contribution in [0.2, 0.25) is 0 Å².